The average molecular weight is 331 g/mol. The third kappa shape index (κ3) is 3.69. The Morgan fingerprint density at radius 3 is 2.67 bits per heavy atom. The van der Waals surface area contributed by atoms with Gasteiger partial charge in [0.15, 0.2) is 0 Å². The molecule has 0 bridgehead atoms. The van der Waals surface area contributed by atoms with Crippen molar-refractivity contribution in [2.75, 3.05) is 18.4 Å². The molecule has 1 amide bonds. The van der Waals surface area contributed by atoms with E-state index in [2.05, 4.69) is 17.2 Å². The molecule has 1 aromatic carbocycles. The van der Waals surface area contributed by atoms with Crippen molar-refractivity contribution in [3.05, 3.63) is 53.9 Å². The Balaban J connectivity index is 1.75. The predicted molar refractivity (Wildman–Crippen MR) is 88.2 cm³/mol. The molecule has 24 heavy (non-hydrogen) atoms. The van der Waals surface area contributed by atoms with Gasteiger partial charge in [-0.3, -0.25) is 9.78 Å². The highest BCUT2D eigenvalue weighted by atomic mass is 19.1. The molecule has 0 unspecified atom stereocenters. The van der Waals surface area contributed by atoms with Crippen LogP contribution in [0, 0.1) is 17.6 Å². The van der Waals surface area contributed by atoms with Crippen molar-refractivity contribution in [2.24, 2.45) is 5.92 Å². The van der Waals surface area contributed by atoms with Crippen LogP contribution >= 0.6 is 0 Å². The van der Waals surface area contributed by atoms with Gasteiger partial charge in [0, 0.05) is 25.4 Å². The molecule has 1 aliphatic rings. The van der Waals surface area contributed by atoms with E-state index in [-0.39, 0.29) is 11.6 Å². The maximum Gasteiger partial charge on any atom is 0.255 e. The van der Waals surface area contributed by atoms with Crippen LogP contribution in [0.5, 0.6) is 0 Å². The highest BCUT2D eigenvalue weighted by Gasteiger charge is 2.21. The highest BCUT2D eigenvalue weighted by molar-refractivity contribution is 5.95. The maximum atomic E-state index is 13.7. The van der Waals surface area contributed by atoms with E-state index in [0.717, 1.165) is 32.0 Å². The number of aromatic nitrogens is 1. The minimum absolute atomic E-state index is 0.0716. The normalized spacial score (nSPS) is 15.4. The zero-order valence-corrected chi connectivity index (χ0v) is 13.4. The van der Waals surface area contributed by atoms with Crippen molar-refractivity contribution < 1.29 is 13.6 Å². The van der Waals surface area contributed by atoms with Gasteiger partial charge >= 0.3 is 0 Å². The summed E-state index contributed by atoms with van der Waals surface area (Å²) in [6.45, 7) is 3.67. The number of pyridine rings is 1. The lowest BCUT2D eigenvalue weighted by Gasteiger charge is -2.30. The van der Waals surface area contributed by atoms with Crippen molar-refractivity contribution in [2.45, 2.75) is 19.8 Å². The first-order valence-electron chi connectivity index (χ1n) is 7.99. The van der Waals surface area contributed by atoms with Crippen LogP contribution in [0.25, 0.3) is 0 Å². The molecule has 1 saturated heterocycles. The van der Waals surface area contributed by atoms with Crippen LogP contribution in [0.3, 0.4) is 0 Å². The summed E-state index contributed by atoms with van der Waals surface area (Å²) in [7, 11) is 0. The summed E-state index contributed by atoms with van der Waals surface area (Å²) in [5, 5.41) is 2.83. The topological polar surface area (TPSA) is 45.2 Å². The van der Waals surface area contributed by atoms with Gasteiger partial charge in [-0.25, -0.2) is 8.78 Å². The van der Waals surface area contributed by atoms with Gasteiger partial charge in [-0.05, 0) is 37.0 Å². The molecular formula is C18H19F2N3O. The largest absolute Gasteiger partial charge is 0.352 e. The molecule has 0 aliphatic carbocycles. The molecule has 0 radical (unpaired) electrons. The standard InChI is InChI=1S/C18H19F2N3O/c1-12-4-6-23(7-5-12)18(24)13-8-15(11-21-10-13)22-17-3-2-14(19)9-16(17)20/h2-3,8-12,22H,4-7H2,1H3. The van der Waals surface area contributed by atoms with E-state index < -0.39 is 11.6 Å². The first kappa shape index (κ1) is 16.4. The predicted octanol–water partition coefficient (Wildman–Crippen LogP) is 3.98. The van der Waals surface area contributed by atoms with E-state index in [1.54, 1.807) is 6.07 Å². The number of likely N-dealkylation sites (tertiary alicyclic amines) is 1. The zero-order valence-electron chi connectivity index (χ0n) is 13.4. The minimum Gasteiger partial charge on any atom is -0.352 e. The third-order valence-electron chi connectivity index (χ3n) is 4.27. The van der Waals surface area contributed by atoms with E-state index in [4.69, 9.17) is 0 Å². The number of carbonyl (C=O) groups excluding carboxylic acids is 1. The van der Waals surface area contributed by atoms with Crippen LogP contribution in [0.1, 0.15) is 30.1 Å². The second-order valence-corrected chi connectivity index (χ2v) is 6.19. The van der Waals surface area contributed by atoms with Crippen LogP contribution in [-0.4, -0.2) is 28.9 Å². The van der Waals surface area contributed by atoms with E-state index >= 15 is 0 Å². The summed E-state index contributed by atoms with van der Waals surface area (Å²) in [5.74, 6) is -0.768. The van der Waals surface area contributed by atoms with Gasteiger partial charge in [-0.1, -0.05) is 6.92 Å². The van der Waals surface area contributed by atoms with Crippen molar-refractivity contribution in [1.82, 2.24) is 9.88 Å². The zero-order chi connectivity index (χ0) is 17.1. The number of halogens is 2. The Bertz CT molecular complexity index is 743. The molecule has 1 N–H and O–H groups in total. The Morgan fingerprint density at radius 1 is 1.21 bits per heavy atom. The summed E-state index contributed by atoms with van der Waals surface area (Å²) in [4.78, 5) is 18.4. The van der Waals surface area contributed by atoms with Crippen molar-refractivity contribution >= 4 is 17.3 Å². The Morgan fingerprint density at radius 2 is 1.96 bits per heavy atom. The second kappa shape index (κ2) is 6.95. The fraction of sp³-hybridized carbons (Fsp3) is 0.333. The van der Waals surface area contributed by atoms with E-state index in [9.17, 15) is 13.6 Å². The number of rotatable bonds is 3. The number of hydrogen-bond donors (Lipinski definition) is 1. The summed E-state index contributed by atoms with van der Waals surface area (Å²) in [5.41, 5.74) is 1.07. The Labute approximate surface area is 139 Å². The summed E-state index contributed by atoms with van der Waals surface area (Å²) < 4.78 is 26.7. The molecule has 126 valence electrons. The van der Waals surface area contributed by atoms with Crippen molar-refractivity contribution in [3.63, 3.8) is 0 Å². The molecule has 1 aliphatic heterocycles. The lowest BCUT2D eigenvalue weighted by atomic mass is 9.99. The fourth-order valence-electron chi connectivity index (χ4n) is 2.77. The van der Waals surface area contributed by atoms with Crippen LogP contribution in [0.2, 0.25) is 0 Å². The van der Waals surface area contributed by atoms with Crippen LogP contribution < -0.4 is 5.32 Å². The van der Waals surface area contributed by atoms with E-state index in [0.29, 0.717) is 17.2 Å². The third-order valence-corrected chi connectivity index (χ3v) is 4.27. The number of piperidine rings is 1. The molecule has 0 atom stereocenters. The van der Waals surface area contributed by atoms with Crippen LogP contribution in [0.4, 0.5) is 20.2 Å². The summed E-state index contributed by atoms with van der Waals surface area (Å²) in [6.07, 6.45) is 5.00. The smallest absolute Gasteiger partial charge is 0.255 e. The van der Waals surface area contributed by atoms with E-state index in [1.807, 2.05) is 4.90 Å². The van der Waals surface area contributed by atoms with Gasteiger partial charge in [0.25, 0.3) is 5.91 Å². The molecule has 1 aromatic heterocycles. The Kier molecular flexibility index (Phi) is 4.74. The monoisotopic (exact) mass is 331 g/mol. The number of anilines is 2. The van der Waals surface area contributed by atoms with Gasteiger partial charge in [0.2, 0.25) is 0 Å². The quantitative estimate of drug-likeness (QED) is 0.925. The van der Waals surface area contributed by atoms with Gasteiger partial charge in [-0.2, -0.15) is 0 Å². The first-order valence-corrected chi connectivity index (χ1v) is 7.99. The number of nitrogens with zero attached hydrogens (tertiary/aromatic N) is 2. The number of amides is 1. The van der Waals surface area contributed by atoms with Gasteiger partial charge in [0.1, 0.15) is 11.6 Å². The van der Waals surface area contributed by atoms with Gasteiger partial charge < -0.3 is 10.2 Å². The number of hydrogen-bond acceptors (Lipinski definition) is 3. The summed E-state index contributed by atoms with van der Waals surface area (Å²) >= 11 is 0. The van der Waals surface area contributed by atoms with Crippen LogP contribution in [0.15, 0.2) is 36.7 Å². The lowest BCUT2D eigenvalue weighted by Crippen LogP contribution is -2.37. The number of benzene rings is 1. The van der Waals surface area contributed by atoms with Gasteiger partial charge in [0.05, 0.1) is 23.1 Å². The lowest BCUT2D eigenvalue weighted by molar-refractivity contribution is 0.0697. The molecule has 2 aromatic rings. The second-order valence-electron chi connectivity index (χ2n) is 6.19. The average Bonchev–Trinajstić information content (AvgIpc) is 2.58. The number of carbonyl (C=O) groups is 1. The molecule has 1 fully saturated rings. The fourth-order valence-corrected chi connectivity index (χ4v) is 2.77. The molecule has 0 spiro atoms. The van der Waals surface area contributed by atoms with Crippen molar-refractivity contribution in [1.29, 1.82) is 0 Å². The molecule has 3 rings (SSSR count). The highest BCUT2D eigenvalue weighted by Crippen LogP contribution is 2.22. The molecule has 2 heterocycles. The van der Waals surface area contributed by atoms with Gasteiger partial charge in [-0.15, -0.1) is 0 Å². The first-order chi connectivity index (χ1) is 11.5. The van der Waals surface area contributed by atoms with Crippen LogP contribution in [-0.2, 0) is 0 Å². The molecule has 6 heteroatoms. The maximum absolute atomic E-state index is 13.7. The number of nitrogens with one attached hydrogen (secondary N) is 1. The summed E-state index contributed by atoms with van der Waals surface area (Å²) in [6, 6.07) is 4.92. The van der Waals surface area contributed by atoms with E-state index in [1.165, 1.54) is 24.5 Å². The molecule has 0 saturated carbocycles. The molecule has 4 nitrogen and oxygen atoms in total. The Hall–Kier alpha value is -2.50. The SMILES string of the molecule is CC1CCN(C(=O)c2cncc(Nc3ccc(F)cc3F)c2)CC1. The molecular weight excluding hydrogens is 312 g/mol. The van der Waals surface area contributed by atoms with Crippen molar-refractivity contribution in [3.8, 4) is 0 Å². The minimum atomic E-state index is -0.697.